The van der Waals surface area contributed by atoms with Gasteiger partial charge >= 0.3 is 0 Å². The van der Waals surface area contributed by atoms with Gasteiger partial charge in [0.1, 0.15) is 6.10 Å². The molecule has 2 heterocycles. The Morgan fingerprint density at radius 1 is 1.53 bits per heavy atom. The van der Waals surface area contributed by atoms with Gasteiger partial charge in [0.05, 0.1) is 9.90 Å². The van der Waals surface area contributed by atoms with E-state index in [2.05, 4.69) is 18.7 Å². The van der Waals surface area contributed by atoms with Crippen LogP contribution in [-0.2, 0) is 0 Å². The molecule has 0 aromatic carbocycles. The number of hydrogen-bond acceptors (Lipinski definition) is 3. The molecular formula is C13H20ClNOS. The van der Waals surface area contributed by atoms with Crippen molar-refractivity contribution in [1.82, 2.24) is 4.90 Å². The zero-order chi connectivity index (χ0) is 12.5. The van der Waals surface area contributed by atoms with Crippen LogP contribution in [0.5, 0.6) is 0 Å². The second kappa shape index (κ2) is 5.27. The van der Waals surface area contributed by atoms with E-state index in [9.17, 15) is 5.11 Å². The van der Waals surface area contributed by atoms with Crippen molar-refractivity contribution in [1.29, 1.82) is 0 Å². The van der Waals surface area contributed by atoms with E-state index in [1.54, 1.807) is 11.3 Å². The molecule has 1 saturated heterocycles. The molecule has 1 aliphatic heterocycles. The summed E-state index contributed by atoms with van der Waals surface area (Å²) in [6.45, 7) is 6.47. The smallest absolute Gasteiger partial charge is 0.108 e. The van der Waals surface area contributed by atoms with Crippen LogP contribution in [-0.4, -0.2) is 28.6 Å². The molecule has 96 valence electrons. The first kappa shape index (κ1) is 13.3. The maximum Gasteiger partial charge on any atom is 0.108 e. The summed E-state index contributed by atoms with van der Waals surface area (Å²) >= 11 is 7.69. The van der Waals surface area contributed by atoms with Gasteiger partial charge in [-0.1, -0.05) is 18.5 Å². The van der Waals surface area contributed by atoms with Gasteiger partial charge in [0.2, 0.25) is 0 Å². The van der Waals surface area contributed by atoms with Gasteiger partial charge in [0.25, 0.3) is 0 Å². The van der Waals surface area contributed by atoms with Gasteiger partial charge < -0.3 is 5.11 Å². The Hall–Kier alpha value is -0.0900. The highest BCUT2D eigenvalue weighted by atomic mass is 35.5. The van der Waals surface area contributed by atoms with Crippen LogP contribution in [0.25, 0.3) is 0 Å². The lowest BCUT2D eigenvalue weighted by Crippen LogP contribution is -2.48. The molecule has 0 radical (unpaired) electrons. The molecule has 2 unspecified atom stereocenters. The van der Waals surface area contributed by atoms with E-state index >= 15 is 0 Å². The first-order valence-electron chi connectivity index (χ1n) is 6.25. The molecule has 2 atom stereocenters. The Kier molecular flexibility index (Phi) is 4.14. The highest BCUT2D eigenvalue weighted by Gasteiger charge is 2.40. The van der Waals surface area contributed by atoms with Gasteiger partial charge in [-0.15, -0.1) is 11.3 Å². The predicted octanol–water partition coefficient (Wildman–Crippen LogP) is 3.70. The Labute approximate surface area is 112 Å². The van der Waals surface area contributed by atoms with E-state index in [1.807, 2.05) is 11.4 Å². The Morgan fingerprint density at radius 2 is 2.18 bits per heavy atom. The summed E-state index contributed by atoms with van der Waals surface area (Å²) < 4.78 is 0. The van der Waals surface area contributed by atoms with Crippen LogP contribution in [0, 0.1) is 0 Å². The van der Waals surface area contributed by atoms with Gasteiger partial charge in [-0.25, -0.2) is 0 Å². The van der Waals surface area contributed by atoms with Gasteiger partial charge in [-0.3, -0.25) is 4.90 Å². The number of halogens is 1. The van der Waals surface area contributed by atoms with Gasteiger partial charge in [0.15, 0.2) is 0 Å². The van der Waals surface area contributed by atoms with Crippen molar-refractivity contribution in [3.63, 3.8) is 0 Å². The third-order valence-corrected chi connectivity index (χ3v) is 5.44. The third-order valence-electron chi connectivity index (χ3n) is 4.03. The SMILES string of the molecule is CCC(C)(C(O)c1sccc1Cl)N1CCCC1. The molecule has 17 heavy (non-hydrogen) atoms. The van der Waals surface area contributed by atoms with Crippen LogP contribution in [0.1, 0.15) is 44.1 Å². The third kappa shape index (κ3) is 2.39. The zero-order valence-electron chi connectivity index (χ0n) is 10.4. The first-order valence-corrected chi connectivity index (χ1v) is 7.51. The Bertz CT molecular complexity index is 375. The minimum atomic E-state index is -0.488. The number of hydrogen-bond donors (Lipinski definition) is 1. The van der Waals surface area contributed by atoms with Crippen molar-refractivity contribution in [2.24, 2.45) is 0 Å². The van der Waals surface area contributed by atoms with Crippen LogP contribution in [0.4, 0.5) is 0 Å². The summed E-state index contributed by atoms with van der Waals surface area (Å²) in [5.41, 5.74) is -0.189. The predicted molar refractivity (Wildman–Crippen MR) is 73.8 cm³/mol. The van der Waals surface area contributed by atoms with E-state index < -0.39 is 6.10 Å². The lowest BCUT2D eigenvalue weighted by atomic mass is 9.88. The van der Waals surface area contributed by atoms with E-state index in [0.29, 0.717) is 5.02 Å². The molecule has 0 saturated carbocycles. The topological polar surface area (TPSA) is 23.5 Å². The molecule has 0 bridgehead atoms. The highest BCUT2D eigenvalue weighted by molar-refractivity contribution is 7.10. The van der Waals surface area contributed by atoms with Crippen LogP contribution in [0.2, 0.25) is 5.02 Å². The lowest BCUT2D eigenvalue weighted by Gasteiger charge is -2.41. The van der Waals surface area contributed by atoms with Crippen LogP contribution in [0.15, 0.2) is 11.4 Å². The number of nitrogens with zero attached hydrogens (tertiary/aromatic N) is 1. The molecule has 1 N–H and O–H groups in total. The molecule has 0 amide bonds. The molecule has 4 heteroatoms. The summed E-state index contributed by atoms with van der Waals surface area (Å²) in [5, 5.41) is 13.3. The standard InChI is InChI=1S/C13H20ClNOS/c1-3-13(2,15-7-4-5-8-15)12(16)11-10(14)6-9-17-11/h6,9,12,16H,3-5,7-8H2,1-2H3. The van der Waals surface area contributed by atoms with Crippen LogP contribution >= 0.6 is 22.9 Å². The Balaban J connectivity index is 2.25. The Morgan fingerprint density at radius 3 is 2.65 bits per heavy atom. The molecule has 2 rings (SSSR count). The van der Waals surface area contributed by atoms with E-state index in [0.717, 1.165) is 24.4 Å². The summed E-state index contributed by atoms with van der Waals surface area (Å²) in [5.74, 6) is 0. The second-order valence-electron chi connectivity index (χ2n) is 4.94. The number of rotatable bonds is 4. The molecule has 1 aliphatic rings. The van der Waals surface area contributed by atoms with E-state index in [1.165, 1.54) is 12.8 Å². The van der Waals surface area contributed by atoms with Crippen molar-refractivity contribution in [3.8, 4) is 0 Å². The largest absolute Gasteiger partial charge is 0.386 e. The monoisotopic (exact) mass is 273 g/mol. The van der Waals surface area contributed by atoms with Crippen molar-refractivity contribution < 1.29 is 5.11 Å². The molecule has 1 aromatic heterocycles. The normalized spacial score (nSPS) is 22.6. The van der Waals surface area contributed by atoms with E-state index in [-0.39, 0.29) is 5.54 Å². The fourth-order valence-electron chi connectivity index (χ4n) is 2.60. The van der Waals surface area contributed by atoms with Gasteiger partial charge in [-0.05, 0) is 50.7 Å². The maximum atomic E-state index is 10.7. The van der Waals surface area contributed by atoms with Gasteiger partial charge in [-0.2, -0.15) is 0 Å². The van der Waals surface area contributed by atoms with Crippen molar-refractivity contribution in [2.45, 2.75) is 44.8 Å². The average molecular weight is 274 g/mol. The molecular weight excluding hydrogens is 254 g/mol. The zero-order valence-corrected chi connectivity index (χ0v) is 12.0. The number of thiophene rings is 1. The van der Waals surface area contributed by atoms with Crippen molar-refractivity contribution >= 4 is 22.9 Å². The van der Waals surface area contributed by atoms with Crippen molar-refractivity contribution in [3.05, 3.63) is 21.3 Å². The van der Waals surface area contributed by atoms with Crippen LogP contribution < -0.4 is 0 Å². The fourth-order valence-corrected chi connectivity index (χ4v) is 3.89. The molecule has 2 nitrogen and oxygen atoms in total. The summed E-state index contributed by atoms with van der Waals surface area (Å²) in [6.07, 6.45) is 2.92. The van der Waals surface area contributed by atoms with Crippen LogP contribution in [0.3, 0.4) is 0 Å². The number of aliphatic hydroxyl groups is 1. The summed E-state index contributed by atoms with van der Waals surface area (Å²) in [4.78, 5) is 3.32. The fraction of sp³-hybridized carbons (Fsp3) is 0.692. The van der Waals surface area contributed by atoms with Gasteiger partial charge in [0, 0.05) is 5.54 Å². The second-order valence-corrected chi connectivity index (χ2v) is 6.30. The molecule has 1 aromatic rings. The quantitative estimate of drug-likeness (QED) is 0.904. The molecule has 0 spiro atoms. The number of aliphatic hydroxyl groups excluding tert-OH is 1. The molecule has 0 aliphatic carbocycles. The minimum Gasteiger partial charge on any atom is -0.386 e. The highest BCUT2D eigenvalue weighted by Crippen LogP contribution is 2.40. The summed E-state index contributed by atoms with van der Waals surface area (Å²) in [7, 11) is 0. The summed E-state index contributed by atoms with van der Waals surface area (Å²) in [6, 6.07) is 1.87. The van der Waals surface area contributed by atoms with Crippen molar-refractivity contribution in [2.75, 3.05) is 13.1 Å². The minimum absolute atomic E-state index is 0.189. The lowest BCUT2D eigenvalue weighted by molar-refractivity contribution is -0.0119. The average Bonchev–Trinajstić information content (AvgIpc) is 2.97. The first-order chi connectivity index (χ1) is 8.09. The molecule has 1 fully saturated rings. The van der Waals surface area contributed by atoms with E-state index in [4.69, 9.17) is 11.6 Å². The maximum absolute atomic E-state index is 10.7. The number of likely N-dealkylation sites (tertiary alicyclic amines) is 1.